The van der Waals surface area contributed by atoms with E-state index >= 15 is 0 Å². The molecule has 1 aliphatic heterocycles. The Bertz CT molecular complexity index is 712. The van der Waals surface area contributed by atoms with Crippen LogP contribution < -0.4 is 5.32 Å². The highest BCUT2D eigenvalue weighted by Gasteiger charge is 2.44. The predicted octanol–water partition coefficient (Wildman–Crippen LogP) is 5.92. The van der Waals surface area contributed by atoms with Gasteiger partial charge >= 0.3 is 0 Å². The molecule has 0 saturated carbocycles. The van der Waals surface area contributed by atoms with E-state index in [2.05, 4.69) is 95.4 Å². The number of benzene rings is 2. The monoisotopic (exact) mass is 379 g/mol. The lowest BCUT2D eigenvalue weighted by Crippen LogP contribution is -2.47. The second kappa shape index (κ2) is 7.65. The number of methoxy groups -OCH3 is 1. The van der Waals surface area contributed by atoms with Crippen molar-refractivity contribution in [1.29, 1.82) is 0 Å². The molecule has 0 spiro atoms. The van der Waals surface area contributed by atoms with Gasteiger partial charge in [0.05, 0.1) is 0 Å². The SMILES string of the molecule is COC(c1ccc(C(C)(C)C)cc1)(c1ccc(C(C)(C)C)cc1)C1CCCN1. The van der Waals surface area contributed by atoms with Crippen LogP contribution >= 0.6 is 0 Å². The smallest absolute Gasteiger partial charge is 0.133 e. The molecule has 1 unspecified atom stereocenters. The van der Waals surface area contributed by atoms with E-state index < -0.39 is 5.60 Å². The molecule has 1 fully saturated rings. The fraction of sp³-hybridized carbons (Fsp3) is 0.538. The number of rotatable bonds is 4. The first-order valence-electron chi connectivity index (χ1n) is 10.6. The number of ether oxygens (including phenoxy) is 1. The zero-order valence-electron chi connectivity index (χ0n) is 18.7. The minimum atomic E-state index is -0.469. The zero-order valence-corrected chi connectivity index (χ0v) is 18.7. The molecule has 1 saturated heterocycles. The van der Waals surface area contributed by atoms with Crippen molar-refractivity contribution >= 4 is 0 Å². The molecule has 28 heavy (non-hydrogen) atoms. The molecule has 2 heteroatoms. The summed E-state index contributed by atoms with van der Waals surface area (Å²) in [7, 11) is 1.86. The average Bonchev–Trinajstić information content (AvgIpc) is 3.17. The van der Waals surface area contributed by atoms with Gasteiger partial charge in [-0.25, -0.2) is 0 Å². The van der Waals surface area contributed by atoms with Gasteiger partial charge in [0.2, 0.25) is 0 Å². The van der Waals surface area contributed by atoms with Crippen molar-refractivity contribution in [2.45, 2.75) is 76.9 Å². The van der Waals surface area contributed by atoms with Crippen LogP contribution in [0.5, 0.6) is 0 Å². The molecule has 0 bridgehead atoms. The van der Waals surface area contributed by atoms with E-state index in [1.54, 1.807) is 0 Å². The minimum absolute atomic E-state index is 0.147. The first-order valence-corrected chi connectivity index (χ1v) is 10.6. The maximum absolute atomic E-state index is 6.38. The summed E-state index contributed by atoms with van der Waals surface area (Å²) < 4.78 is 6.38. The summed E-state index contributed by atoms with van der Waals surface area (Å²) in [5.41, 5.74) is 4.98. The van der Waals surface area contributed by atoms with Crippen molar-refractivity contribution in [2.75, 3.05) is 13.7 Å². The molecule has 2 aromatic rings. The Labute approximate surface area is 171 Å². The lowest BCUT2D eigenvalue weighted by molar-refractivity contribution is -0.00632. The zero-order chi connectivity index (χ0) is 20.6. The van der Waals surface area contributed by atoms with Gasteiger partial charge in [-0.05, 0) is 52.5 Å². The molecule has 2 nitrogen and oxygen atoms in total. The molecule has 1 N–H and O–H groups in total. The summed E-state index contributed by atoms with van der Waals surface area (Å²) in [6.45, 7) is 14.6. The lowest BCUT2D eigenvalue weighted by atomic mass is 9.76. The van der Waals surface area contributed by atoms with Crippen molar-refractivity contribution in [2.24, 2.45) is 0 Å². The van der Waals surface area contributed by atoms with E-state index in [9.17, 15) is 0 Å². The summed E-state index contributed by atoms with van der Waals surface area (Å²) >= 11 is 0. The Morgan fingerprint density at radius 2 is 1.11 bits per heavy atom. The highest BCUT2D eigenvalue weighted by atomic mass is 16.5. The molecule has 0 aliphatic carbocycles. The summed E-state index contributed by atoms with van der Waals surface area (Å²) in [5, 5.41) is 3.71. The number of nitrogens with one attached hydrogen (secondary N) is 1. The Balaban J connectivity index is 2.10. The van der Waals surface area contributed by atoms with E-state index in [1.165, 1.54) is 28.7 Å². The second-order valence-electron chi connectivity index (χ2n) is 10.2. The summed E-state index contributed by atoms with van der Waals surface area (Å²) in [6.07, 6.45) is 2.31. The summed E-state index contributed by atoms with van der Waals surface area (Å²) in [6, 6.07) is 18.4. The molecule has 1 atom stereocenters. The van der Waals surface area contributed by atoms with Gasteiger partial charge < -0.3 is 10.1 Å². The number of hydrogen-bond acceptors (Lipinski definition) is 2. The first-order chi connectivity index (χ1) is 13.1. The van der Waals surface area contributed by atoms with Crippen molar-refractivity contribution in [3.8, 4) is 0 Å². The van der Waals surface area contributed by atoms with Gasteiger partial charge in [0.25, 0.3) is 0 Å². The van der Waals surface area contributed by atoms with Crippen molar-refractivity contribution in [1.82, 2.24) is 5.32 Å². The van der Waals surface area contributed by atoms with Crippen LogP contribution in [-0.4, -0.2) is 19.7 Å². The molecule has 1 heterocycles. The maximum Gasteiger partial charge on any atom is 0.133 e. The second-order valence-corrected chi connectivity index (χ2v) is 10.2. The third kappa shape index (κ3) is 3.90. The van der Waals surface area contributed by atoms with Gasteiger partial charge in [-0.3, -0.25) is 0 Å². The Morgan fingerprint density at radius 3 is 1.39 bits per heavy atom. The van der Waals surface area contributed by atoms with Crippen LogP contribution in [0.1, 0.15) is 76.6 Å². The molecule has 0 amide bonds. The van der Waals surface area contributed by atoms with Crippen LogP contribution in [0.25, 0.3) is 0 Å². The normalized spacial score (nSPS) is 18.5. The third-order valence-corrected chi connectivity index (χ3v) is 6.23. The van der Waals surface area contributed by atoms with Crippen LogP contribution in [0.4, 0.5) is 0 Å². The average molecular weight is 380 g/mol. The van der Waals surface area contributed by atoms with Gasteiger partial charge in [0.15, 0.2) is 0 Å². The van der Waals surface area contributed by atoms with Crippen LogP contribution in [0.15, 0.2) is 48.5 Å². The van der Waals surface area contributed by atoms with E-state index in [4.69, 9.17) is 4.74 Å². The van der Waals surface area contributed by atoms with Gasteiger partial charge in [0.1, 0.15) is 5.60 Å². The molecular weight excluding hydrogens is 342 g/mol. The fourth-order valence-corrected chi connectivity index (χ4v) is 4.41. The molecule has 152 valence electrons. The maximum atomic E-state index is 6.38. The Hall–Kier alpha value is -1.64. The first kappa shape index (κ1) is 21.1. The summed E-state index contributed by atoms with van der Waals surface area (Å²) in [4.78, 5) is 0. The molecular formula is C26H37NO. The van der Waals surface area contributed by atoms with E-state index in [0.717, 1.165) is 13.0 Å². The molecule has 1 aliphatic rings. The van der Waals surface area contributed by atoms with Gasteiger partial charge in [0, 0.05) is 13.2 Å². The third-order valence-electron chi connectivity index (χ3n) is 6.23. The molecule has 0 radical (unpaired) electrons. The van der Waals surface area contributed by atoms with E-state index in [0.29, 0.717) is 0 Å². The Kier molecular flexibility index (Phi) is 5.76. The quantitative estimate of drug-likeness (QED) is 0.711. The van der Waals surface area contributed by atoms with Gasteiger partial charge in [-0.15, -0.1) is 0 Å². The van der Waals surface area contributed by atoms with Crippen LogP contribution in [0.2, 0.25) is 0 Å². The highest BCUT2D eigenvalue weighted by Crippen LogP contribution is 2.41. The van der Waals surface area contributed by atoms with Crippen LogP contribution in [0, 0.1) is 0 Å². The molecule has 0 aromatic heterocycles. The van der Waals surface area contributed by atoms with Gasteiger partial charge in [-0.1, -0.05) is 90.1 Å². The Morgan fingerprint density at radius 1 is 0.714 bits per heavy atom. The van der Waals surface area contributed by atoms with Crippen LogP contribution in [-0.2, 0) is 21.2 Å². The van der Waals surface area contributed by atoms with Crippen molar-refractivity contribution < 1.29 is 4.74 Å². The number of hydrogen-bond donors (Lipinski definition) is 1. The molecule has 3 rings (SSSR count). The molecule has 2 aromatic carbocycles. The fourth-order valence-electron chi connectivity index (χ4n) is 4.41. The van der Waals surface area contributed by atoms with Gasteiger partial charge in [-0.2, -0.15) is 0 Å². The topological polar surface area (TPSA) is 21.3 Å². The largest absolute Gasteiger partial charge is 0.367 e. The predicted molar refractivity (Wildman–Crippen MR) is 119 cm³/mol. The van der Waals surface area contributed by atoms with E-state index in [-0.39, 0.29) is 16.9 Å². The minimum Gasteiger partial charge on any atom is -0.367 e. The summed E-state index contributed by atoms with van der Waals surface area (Å²) in [5.74, 6) is 0. The van der Waals surface area contributed by atoms with Crippen LogP contribution in [0.3, 0.4) is 0 Å². The van der Waals surface area contributed by atoms with E-state index in [1.807, 2.05) is 7.11 Å². The lowest BCUT2D eigenvalue weighted by Gasteiger charge is -2.39. The highest BCUT2D eigenvalue weighted by molar-refractivity contribution is 5.43. The van der Waals surface area contributed by atoms with Crippen molar-refractivity contribution in [3.63, 3.8) is 0 Å². The van der Waals surface area contributed by atoms with Crippen molar-refractivity contribution in [3.05, 3.63) is 70.8 Å². The standard InChI is InChI=1S/C26H37NO/c1-24(2,3)19-10-14-21(15-11-19)26(28-7,23-9-8-18-27-23)22-16-12-20(13-17-22)25(4,5)6/h10-17,23,27H,8-9,18H2,1-7H3.